The van der Waals surface area contributed by atoms with Crippen LogP contribution in [0.1, 0.15) is 30.4 Å². The molecular weight excluding hydrogens is 363 g/mol. The Hall–Kier alpha value is -2.76. The predicted molar refractivity (Wildman–Crippen MR) is 105 cm³/mol. The second kappa shape index (κ2) is 7.34. The number of halogens is 3. The maximum Gasteiger partial charge on any atom is 0.418 e. The molecule has 1 saturated heterocycles. The number of anilines is 1. The van der Waals surface area contributed by atoms with E-state index in [0.717, 1.165) is 36.0 Å². The number of alkyl halides is 3. The Kier molecular flexibility index (Phi) is 4.87. The van der Waals surface area contributed by atoms with Gasteiger partial charge < -0.3 is 4.90 Å². The summed E-state index contributed by atoms with van der Waals surface area (Å²) in [7, 11) is 0. The lowest BCUT2D eigenvalue weighted by molar-refractivity contribution is -0.137. The average molecular weight is 385 g/mol. The fourth-order valence-corrected chi connectivity index (χ4v) is 3.87. The van der Waals surface area contributed by atoms with Gasteiger partial charge in [-0.25, -0.2) is 0 Å². The Morgan fingerprint density at radius 3 is 2.46 bits per heavy atom. The number of rotatable bonds is 3. The van der Waals surface area contributed by atoms with E-state index in [4.69, 9.17) is 0 Å². The van der Waals surface area contributed by atoms with Gasteiger partial charge >= 0.3 is 6.18 Å². The molecule has 2 heterocycles. The van der Waals surface area contributed by atoms with Crippen LogP contribution in [-0.2, 0) is 6.18 Å². The zero-order valence-electron chi connectivity index (χ0n) is 15.7. The first kappa shape index (κ1) is 18.6. The second-order valence-corrected chi connectivity index (χ2v) is 7.31. The molecule has 0 atom stereocenters. The standard InChI is InChI=1S/C22H22F3N3/c1-15-6-5-7-16(12-15)18-14-26-27-21(18)17-8-9-20(19(13-17)22(23,24)25)28-10-3-2-4-11-28/h5-9,12-14H,2-4,10-11H2,1H3,(H,26,27). The summed E-state index contributed by atoms with van der Waals surface area (Å²) in [6.07, 6.45) is 0.181. The summed E-state index contributed by atoms with van der Waals surface area (Å²) >= 11 is 0. The largest absolute Gasteiger partial charge is 0.418 e. The monoisotopic (exact) mass is 385 g/mol. The van der Waals surface area contributed by atoms with Crippen molar-refractivity contribution < 1.29 is 13.2 Å². The van der Waals surface area contributed by atoms with Crippen molar-refractivity contribution in [3.63, 3.8) is 0 Å². The van der Waals surface area contributed by atoms with Gasteiger partial charge in [0.15, 0.2) is 0 Å². The molecule has 1 aliphatic rings. The van der Waals surface area contributed by atoms with Gasteiger partial charge in [0, 0.05) is 29.9 Å². The number of hydrogen-bond donors (Lipinski definition) is 1. The minimum absolute atomic E-state index is 0.271. The van der Waals surface area contributed by atoms with E-state index in [1.165, 1.54) is 6.07 Å². The molecule has 4 rings (SSSR count). The molecule has 2 aromatic carbocycles. The molecule has 1 aliphatic heterocycles. The Bertz CT molecular complexity index is 969. The van der Waals surface area contributed by atoms with Gasteiger partial charge in [-0.2, -0.15) is 18.3 Å². The zero-order chi connectivity index (χ0) is 19.7. The molecule has 0 radical (unpaired) electrons. The van der Waals surface area contributed by atoms with Crippen LogP contribution in [0.5, 0.6) is 0 Å². The number of hydrogen-bond acceptors (Lipinski definition) is 2. The number of benzene rings is 2. The minimum Gasteiger partial charge on any atom is -0.371 e. The molecule has 3 aromatic rings. The Balaban J connectivity index is 1.79. The van der Waals surface area contributed by atoms with E-state index in [2.05, 4.69) is 10.2 Å². The van der Waals surface area contributed by atoms with Crippen LogP contribution < -0.4 is 4.90 Å². The topological polar surface area (TPSA) is 31.9 Å². The highest BCUT2D eigenvalue weighted by Gasteiger charge is 2.35. The van der Waals surface area contributed by atoms with Crippen molar-refractivity contribution in [2.24, 2.45) is 0 Å². The van der Waals surface area contributed by atoms with E-state index in [9.17, 15) is 13.2 Å². The zero-order valence-corrected chi connectivity index (χ0v) is 15.7. The lowest BCUT2D eigenvalue weighted by Gasteiger charge is -2.31. The van der Waals surface area contributed by atoms with Crippen molar-refractivity contribution in [1.82, 2.24) is 10.2 Å². The molecule has 0 amide bonds. The number of H-pyrrole nitrogens is 1. The fraction of sp³-hybridized carbons (Fsp3) is 0.318. The quantitative estimate of drug-likeness (QED) is 0.594. The third-order valence-corrected chi connectivity index (χ3v) is 5.26. The lowest BCUT2D eigenvalue weighted by atomic mass is 9.98. The van der Waals surface area contributed by atoms with Crippen LogP contribution in [0, 0.1) is 6.92 Å². The summed E-state index contributed by atoms with van der Waals surface area (Å²) in [5.41, 5.74) is 3.58. The molecular formula is C22H22F3N3. The summed E-state index contributed by atoms with van der Waals surface area (Å²) in [5, 5.41) is 6.98. The molecule has 1 N–H and O–H groups in total. The molecule has 0 saturated carbocycles. The predicted octanol–water partition coefficient (Wildman–Crippen LogP) is 6.06. The van der Waals surface area contributed by atoms with Crippen LogP contribution in [-0.4, -0.2) is 23.3 Å². The van der Waals surface area contributed by atoms with Crippen LogP contribution in [0.25, 0.3) is 22.4 Å². The van der Waals surface area contributed by atoms with E-state index in [1.807, 2.05) is 36.1 Å². The smallest absolute Gasteiger partial charge is 0.371 e. The summed E-state index contributed by atoms with van der Waals surface area (Å²) in [6, 6.07) is 12.5. The molecule has 146 valence electrons. The van der Waals surface area contributed by atoms with Gasteiger partial charge in [-0.05, 0) is 43.9 Å². The highest BCUT2D eigenvalue weighted by atomic mass is 19.4. The van der Waals surface area contributed by atoms with E-state index in [-0.39, 0.29) is 5.69 Å². The molecule has 0 aliphatic carbocycles. The van der Waals surface area contributed by atoms with Gasteiger partial charge in [0.2, 0.25) is 0 Å². The summed E-state index contributed by atoms with van der Waals surface area (Å²) in [4.78, 5) is 1.85. The summed E-state index contributed by atoms with van der Waals surface area (Å²) < 4.78 is 41.5. The number of aromatic amines is 1. The van der Waals surface area contributed by atoms with E-state index >= 15 is 0 Å². The van der Waals surface area contributed by atoms with Gasteiger partial charge in [-0.15, -0.1) is 0 Å². The maximum atomic E-state index is 13.8. The van der Waals surface area contributed by atoms with Crippen molar-refractivity contribution in [2.45, 2.75) is 32.4 Å². The summed E-state index contributed by atoms with van der Waals surface area (Å²) in [6.45, 7) is 3.32. The number of aryl methyl sites for hydroxylation is 1. The number of piperidine rings is 1. The van der Waals surface area contributed by atoms with Crippen molar-refractivity contribution in [3.8, 4) is 22.4 Å². The van der Waals surface area contributed by atoms with Gasteiger partial charge in [0.25, 0.3) is 0 Å². The van der Waals surface area contributed by atoms with Crippen LogP contribution in [0.4, 0.5) is 18.9 Å². The van der Waals surface area contributed by atoms with Crippen molar-refractivity contribution >= 4 is 5.69 Å². The van der Waals surface area contributed by atoms with Gasteiger partial charge in [0.1, 0.15) is 0 Å². The van der Waals surface area contributed by atoms with Crippen molar-refractivity contribution in [1.29, 1.82) is 0 Å². The molecule has 0 bridgehead atoms. The summed E-state index contributed by atoms with van der Waals surface area (Å²) in [5.74, 6) is 0. The molecule has 1 fully saturated rings. The SMILES string of the molecule is Cc1cccc(-c2cn[nH]c2-c2ccc(N3CCCCC3)c(C(F)(F)F)c2)c1. The van der Waals surface area contributed by atoms with Gasteiger partial charge in [-0.1, -0.05) is 35.9 Å². The molecule has 3 nitrogen and oxygen atoms in total. The molecule has 1 aromatic heterocycles. The van der Waals surface area contributed by atoms with Crippen LogP contribution in [0.15, 0.2) is 48.7 Å². The second-order valence-electron chi connectivity index (χ2n) is 7.31. The Labute approximate surface area is 162 Å². The van der Waals surface area contributed by atoms with Crippen LogP contribution in [0.2, 0.25) is 0 Å². The average Bonchev–Trinajstić information content (AvgIpc) is 3.17. The Morgan fingerprint density at radius 2 is 1.75 bits per heavy atom. The highest BCUT2D eigenvalue weighted by molar-refractivity contribution is 5.82. The number of nitrogens with one attached hydrogen (secondary N) is 1. The molecule has 0 unspecified atom stereocenters. The first-order chi connectivity index (χ1) is 13.4. The Morgan fingerprint density at radius 1 is 0.964 bits per heavy atom. The van der Waals surface area contributed by atoms with E-state index in [1.54, 1.807) is 18.3 Å². The van der Waals surface area contributed by atoms with Crippen molar-refractivity contribution in [2.75, 3.05) is 18.0 Å². The number of aromatic nitrogens is 2. The number of nitrogens with zero attached hydrogens (tertiary/aromatic N) is 2. The maximum absolute atomic E-state index is 13.8. The fourth-order valence-electron chi connectivity index (χ4n) is 3.87. The van der Waals surface area contributed by atoms with Crippen LogP contribution in [0.3, 0.4) is 0 Å². The third-order valence-electron chi connectivity index (χ3n) is 5.26. The van der Waals surface area contributed by atoms with Gasteiger partial charge in [0.05, 0.1) is 17.5 Å². The van der Waals surface area contributed by atoms with Gasteiger partial charge in [-0.3, -0.25) is 5.10 Å². The minimum atomic E-state index is -4.41. The lowest BCUT2D eigenvalue weighted by Crippen LogP contribution is -2.31. The third kappa shape index (κ3) is 3.63. The van der Waals surface area contributed by atoms with Crippen molar-refractivity contribution in [3.05, 3.63) is 59.8 Å². The normalized spacial score (nSPS) is 15.1. The molecule has 0 spiro atoms. The molecule has 28 heavy (non-hydrogen) atoms. The first-order valence-electron chi connectivity index (χ1n) is 9.50. The first-order valence-corrected chi connectivity index (χ1v) is 9.50. The van der Waals surface area contributed by atoms with E-state index in [0.29, 0.717) is 24.3 Å². The highest BCUT2D eigenvalue weighted by Crippen LogP contribution is 2.41. The van der Waals surface area contributed by atoms with E-state index < -0.39 is 11.7 Å². The van der Waals surface area contributed by atoms with Crippen LogP contribution >= 0.6 is 0 Å². The molecule has 6 heteroatoms.